The molecule has 0 unspecified atom stereocenters. The lowest BCUT2D eigenvalue weighted by Crippen LogP contribution is -2.29. The summed E-state index contributed by atoms with van der Waals surface area (Å²) in [4.78, 5) is 26.6. The summed E-state index contributed by atoms with van der Waals surface area (Å²) in [5.74, 6) is 0.933. The van der Waals surface area contributed by atoms with Crippen molar-refractivity contribution in [3.63, 3.8) is 0 Å². The molecule has 1 amide bonds. The summed E-state index contributed by atoms with van der Waals surface area (Å²) in [5, 5.41) is 0. The number of amides is 1. The topological polar surface area (TPSA) is 55.8 Å². The molecule has 0 aliphatic carbocycles. The molecule has 0 fully saturated rings. The number of rotatable bonds is 6. The second-order valence-electron chi connectivity index (χ2n) is 7.08. The Hall–Kier alpha value is -3.60. The number of anilines is 1. The van der Waals surface area contributed by atoms with Crippen LogP contribution in [0.25, 0.3) is 0 Å². The highest BCUT2D eigenvalue weighted by molar-refractivity contribution is 6.09. The number of para-hydroxylation sites is 3. The molecule has 0 radical (unpaired) electrons. The van der Waals surface area contributed by atoms with Crippen LogP contribution in [-0.2, 0) is 22.5 Å². The smallest absolute Gasteiger partial charge is 0.306 e. The third kappa shape index (κ3) is 4.20. The van der Waals surface area contributed by atoms with Crippen molar-refractivity contribution < 1.29 is 19.1 Å². The Morgan fingerprint density at radius 3 is 2.33 bits per heavy atom. The van der Waals surface area contributed by atoms with Gasteiger partial charge in [-0.2, -0.15) is 0 Å². The first-order valence-electron chi connectivity index (χ1n) is 10.1. The Morgan fingerprint density at radius 2 is 1.57 bits per heavy atom. The van der Waals surface area contributed by atoms with E-state index in [2.05, 4.69) is 0 Å². The van der Waals surface area contributed by atoms with Gasteiger partial charge >= 0.3 is 5.97 Å². The SMILES string of the molecule is CCOC(=O)CCc1ccc(CN2C(=O)c3ccccc3Oc3ccccc32)cc1. The molecular formula is C25H23NO4. The lowest BCUT2D eigenvalue weighted by Gasteiger charge is -2.22. The van der Waals surface area contributed by atoms with E-state index in [9.17, 15) is 9.59 Å². The van der Waals surface area contributed by atoms with Gasteiger partial charge in [0.15, 0.2) is 5.75 Å². The monoisotopic (exact) mass is 401 g/mol. The highest BCUT2D eigenvalue weighted by Crippen LogP contribution is 2.39. The molecule has 0 atom stereocenters. The van der Waals surface area contributed by atoms with Crippen molar-refractivity contribution in [2.45, 2.75) is 26.3 Å². The van der Waals surface area contributed by atoms with Crippen LogP contribution < -0.4 is 9.64 Å². The minimum absolute atomic E-state index is 0.0954. The van der Waals surface area contributed by atoms with Crippen LogP contribution in [0.5, 0.6) is 11.5 Å². The van der Waals surface area contributed by atoms with Crippen LogP contribution in [0.15, 0.2) is 72.8 Å². The lowest BCUT2D eigenvalue weighted by molar-refractivity contribution is -0.143. The van der Waals surface area contributed by atoms with Gasteiger partial charge < -0.3 is 14.4 Å². The van der Waals surface area contributed by atoms with Crippen molar-refractivity contribution >= 4 is 17.6 Å². The second kappa shape index (κ2) is 8.82. The zero-order chi connectivity index (χ0) is 20.9. The van der Waals surface area contributed by atoms with E-state index < -0.39 is 0 Å². The highest BCUT2D eigenvalue weighted by Gasteiger charge is 2.27. The second-order valence-corrected chi connectivity index (χ2v) is 7.08. The molecule has 152 valence electrons. The fourth-order valence-electron chi connectivity index (χ4n) is 3.50. The quantitative estimate of drug-likeness (QED) is 0.537. The number of hydrogen-bond donors (Lipinski definition) is 0. The number of ether oxygens (including phenoxy) is 2. The third-order valence-corrected chi connectivity index (χ3v) is 5.03. The molecule has 3 aromatic rings. The van der Waals surface area contributed by atoms with Gasteiger partial charge in [0.1, 0.15) is 5.75 Å². The minimum Gasteiger partial charge on any atom is -0.466 e. The van der Waals surface area contributed by atoms with Gasteiger partial charge in [-0.3, -0.25) is 9.59 Å². The number of benzene rings is 3. The fourth-order valence-corrected chi connectivity index (χ4v) is 3.50. The summed E-state index contributed by atoms with van der Waals surface area (Å²) in [6.07, 6.45) is 0.991. The molecule has 0 aromatic heterocycles. The molecule has 0 saturated carbocycles. The Morgan fingerprint density at radius 1 is 0.900 bits per heavy atom. The normalized spacial score (nSPS) is 12.4. The fraction of sp³-hybridized carbons (Fsp3) is 0.200. The summed E-state index contributed by atoms with van der Waals surface area (Å²) >= 11 is 0. The van der Waals surface area contributed by atoms with E-state index >= 15 is 0 Å². The van der Waals surface area contributed by atoms with Crippen molar-refractivity contribution in [3.8, 4) is 11.5 Å². The van der Waals surface area contributed by atoms with E-state index in [4.69, 9.17) is 9.47 Å². The number of carbonyl (C=O) groups excluding carboxylic acids is 2. The van der Waals surface area contributed by atoms with Crippen LogP contribution in [0.4, 0.5) is 5.69 Å². The number of nitrogens with zero attached hydrogens (tertiary/aromatic N) is 1. The largest absolute Gasteiger partial charge is 0.466 e. The lowest BCUT2D eigenvalue weighted by atomic mass is 10.1. The maximum absolute atomic E-state index is 13.3. The van der Waals surface area contributed by atoms with Crippen molar-refractivity contribution in [1.82, 2.24) is 0 Å². The molecule has 1 aliphatic heterocycles. The molecule has 5 heteroatoms. The van der Waals surface area contributed by atoms with Crippen molar-refractivity contribution in [2.24, 2.45) is 0 Å². The standard InChI is InChI=1S/C25H23NO4/c1-2-29-24(27)16-15-18-11-13-19(14-12-18)17-26-21-8-4-6-10-23(21)30-22-9-5-3-7-20(22)25(26)28/h3-14H,2,15-17H2,1H3. The molecule has 0 N–H and O–H groups in total. The summed E-state index contributed by atoms with van der Waals surface area (Å²) in [6.45, 7) is 2.63. The first-order valence-corrected chi connectivity index (χ1v) is 10.1. The summed E-state index contributed by atoms with van der Waals surface area (Å²) in [6, 6.07) is 22.8. The van der Waals surface area contributed by atoms with Crippen LogP contribution in [0.1, 0.15) is 34.8 Å². The van der Waals surface area contributed by atoms with E-state index in [1.165, 1.54) is 0 Å². The van der Waals surface area contributed by atoms with Gasteiger partial charge in [-0.1, -0.05) is 48.5 Å². The van der Waals surface area contributed by atoms with Gasteiger partial charge in [-0.15, -0.1) is 0 Å². The van der Waals surface area contributed by atoms with Gasteiger partial charge in [0.05, 0.1) is 24.4 Å². The Bertz CT molecular complexity index is 1060. The third-order valence-electron chi connectivity index (χ3n) is 5.03. The molecule has 0 spiro atoms. The molecule has 30 heavy (non-hydrogen) atoms. The predicted octanol–water partition coefficient (Wildman–Crippen LogP) is 5.14. The number of aryl methyl sites for hydroxylation is 1. The number of hydrogen-bond acceptors (Lipinski definition) is 4. The molecular weight excluding hydrogens is 378 g/mol. The molecule has 1 heterocycles. The molecule has 3 aromatic carbocycles. The first kappa shape index (κ1) is 19.7. The molecule has 4 rings (SSSR count). The zero-order valence-corrected chi connectivity index (χ0v) is 16.8. The Kier molecular flexibility index (Phi) is 5.80. The predicted molar refractivity (Wildman–Crippen MR) is 115 cm³/mol. The van der Waals surface area contributed by atoms with Gasteiger partial charge in [0.2, 0.25) is 0 Å². The number of esters is 1. The number of carbonyl (C=O) groups is 2. The Balaban J connectivity index is 1.56. The summed E-state index contributed by atoms with van der Waals surface area (Å²) in [7, 11) is 0. The van der Waals surface area contributed by atoms with E-state index in [0.29, 0.717) is 43.1 Å². The maximum Gasteiger partial charge on any atom is 0.306 e. The van der Waals surface area contributed by atoms with Crippen LogP contribution in [0.2, 0.25) is 0 Å². The van der Waals surface area contributed by atoms with Gasteiger partial charge in [-0.05, 0) is 48.7 Å². The minimum atomic E-state index is -0.188. The van der Waals surface area contributed by atoms with E-state index in [1.54, 1.807) is 17.9 Å². The van der Waals surface area contributed by atoms with Crippen molar-refractivity contribution in [2.75, 3.05) is 11.5 Å². The molecule has 0 saturated heterocycles. The first-order chi connectivity index (χ1) is 14.7. The maximum atomic E-state index is 13.3. The van der Waals surface area contributed by atoms with Gasteiger partial charge in [0.25, 0.3) is 5.91 Å². The molecule has 5 nitrogen and oxygen atoms in total. The van der Waals surface area contributed by atoms with Crippen LogP contribution >= 0.6 is 0 Å². The number of fused-ring (bicyclic) bond motifs is 2. The average molecular weight is 401 g/mol. The van der Waals surface area contributed by atoms with Gasteiger partial charge in [0, 0.05) is 6.42 Å². The highest BCUT2D eigenvalue weighted by atomic mass is 16.5. The van der Waals surface area contributed by atoms with Gasteiger partial charge in [-0.25, -0.2) is 0 Å². The average Bonchev–Trinajstić information content (AvgIpc) is 2.88. The Labute approximate surface area is 175 Å². The van der Waals surface area contributed by atoms with E-state index in [0.717, 1.165) is 16.8 Å². The van der Waals surface area contributed by atoms with Crippen LogP contribution in [0.3, 0.4) is 0 Å². The van der Waals surface area contributed by atoms with Crippen molar-refractivity contribution in [1.29, 1.82) is 0 Å². The summed E-state index contributed by atoms with van der Waals surface area (Å²) < 4.78 is 11.0. The van der Waals surface area contributed by atoms with Crippen LogP contribution in [0, 0.1) is 0 Å². The zero-order valence-electron chi connectivity index (χ0n) is 16.8. The van der Waals surface area contributed by atoms with Crippen molar-refractivity contribution in [3.05, 3.63) is 89.5 Å². The molecule has 0 bridgehead atoms. The summed E-state index contributed by atoms with van der Waals surface area (Å²) in [5.41, 5.74) is 3.34. The molecule has 1 aliphatic rings. The van der Waals surface area contributed by atoms with E-state index in [-0.39, 0.29) is 11.9 Å². The van der Waals surface area contributed by atoms with E-state index in [1.807, 2.05) is 66.7 Å². The van der Waals surface area contributed by atoms with Crippen LogP contribution in [-0.4, -0.2) is 18.5 Å².